The van der Waals surface area contributed by atoms with Gasteiger partial charge in [0, 0.05) is 38.2 Å². The molecule has 7 aromatic carbocycles. The molecule has 0 saturated heterocycles. The molecule has 234 valence electrons. The first-order chi connectivity index (χ1) is 24.8. The summed E-state index contributed by atoms with van der Waals surface area (Å²) < 4.78 is 8.48. The quantitative estimate of drug-likeness (QED) is 0.188. The molecular weight excluding hydrogens is 611 g/mol. The van der Waals surface area contributed by atoms with Crippen LogP contribution in [0.1, 0.15) is 0 Å². The Morgan fingerprint density at radius 3 is 1.70 bits per heavy atom. The summed E-state index contributed by atoms with van der Waals surface area (Å²) in [4.78, 5) is 10.4. The highest BCUT2D eigenvalue weighted by atomic mass is 16.3. The lowest BCUT2D eigenvalue weighted by atomic mass is 10.0. The standard InChI is InChI=1S/C46H29N3O/c1-3-13-30(14-4-1)39-29-40(31-15-5-2-6-16-31)48-46(47-39)36-19-8-11-21-42(36)49-41-20-10-7-17-34(41)37-27-32(23-25-43(37)49)33-24-26-45-38(28-33)35-18-9-12-22-44(35)50-45/h1-29H. The minimum atomic E-state index is 0.684. The average molecular weight is 640 g/mol. The molecule has 0 saturated carbocycles. The van der Waals surface area contributed by atoms with Crippen LogP contribution in [0.25, 0.3) is 94.5 Å². The van der Waals surface area contributed by atoms with Crippen molar-refractivity contribution in [2.45, 2.75) is 0 Å². The van der Waals surface area contributed by atoms with Crippen LogP contribution >= 0.6 is 0 Å². The molecule has 0 bridgehead atoms. The van der Waals surface area contributed by atoms with E-state index in [2.05, 4.69) is 156 Å². The second kappa shape index (κ2) is 11.4. The summed E-state index contributed by atoms with van der Waals surface area (Å²) in [5.41, 5.74) is 12.3. The molecule has 0 atom stereocenters. The van der Waals surface area contributed by atoms with Crippen molar-refractivity contribution in [1.29, 1.82) is 0 Å². The van der Waals surface area contributed by atoms with Gasteiger partial charge in [-0.2, -0.15) is 0 Å². The molecule has 0 N–H and O–H groups in total. The molecule has 10 rings (SSSR count). The Balaban J connectivity index is 1.17. The number of rotatable bonds is 5. The zero-order valence-electron chi connectivity index (χ0n) is 27.0. The van der Waals surface area contributed by atoms with Crippen molar-refractivity contribution in [3.8, 4) is 50.7 Å². The molecule has 0 radical (unpaired) electrons. The van der Waals surface area contributed by atoms with Crippen molar-refractivity contribution < 1.29 is 4.42 Å². The van der Waals surface area contributed by atoms with Crippen molar-refractivity contribution in [2.24, 2.45) is 0 Å². The Morgan fingerprint density at radius 2 is 0.940 bits per heavy atom. The van der Waals surface area contributed by atoms with Gasteiger partial charge in [0.05, 0.1) is 28.1 Å². The van der Waals surface area contributed by atoms with Gasteiger partial charge in [-0.3, -0.25) is 0 Å². The minimum absolute atomic E-state index is 0.684. The third kappa shape index (κ3) is 4.61. The van der Waals surface area contributed by atoms with Crippen LogP contribution in [0.15, 0.2) is 180 Å². The molecule has 10 aromatic rings. The third-order valence-electron chi connectivity index (χ3n) is 9.63. The van der Waals surface area contributed by atoms with Gasteiger partial charge in [-0.1, -0.05) is 121 Å². The summed E-state index contributed by atoms with van der Waals surface area (Å²) in [5.74, 6) is 0.684. The third-order valence-corrected chi connectivity index (χ3v) is 9.63. The van der Waals surface area contributed by atoms with Gasteiger partial charge >= 0.3 is 0 Å². The predicted molar refractivity (Wildman–Crippen MR) is 205 cm³/mol. The Labute approximate surface area is 288 Å². The highest BCUT2D eigenvalue weighted by Crippen LogP contribution is 2.39. The number of aromatic nitrogens is 3. The summed E-state index contributed by atoms with van der Waals surface area (Å²) >= 11 is 0. The van der Waals surface area contributed by atoms with Crippen LogP contribution in [-0.2, 0) is 0 Å². The molecular formula is C46H29N3O. The maximum absolute atomic E-state index is 6.12. The minimum Gasteiger partial charge on any atom is -0.456 e. The van der Waals surface area contributed by atoms with Crippen molar-refractivity contribution in [1.82, 2.24) is 14.5 Å². The van der Waals surface area contributed by atoms with Gasteiger partial charge in [-0.25, -0.2) is 9.97 Å². The fourth-order valence-corrected chi connectivity index (χ4v) is 7.26. The molecule has 3 aromatic heterocycles. The van der Waals surface area contributed by atoms with Gasteiger partial charge in [0.15, 0.2) is 5.82 Å². The molecule has 0 amide bonds. The fourth-order valence-electron chi connectivity index (χ4n) is 7.26. The average Bonchev–Trinajstić information content (AvgIpc) is 3.73. The number of furan rings is 1. The second-order valence-electron chi connectivity index (χ2n) is 12.6. The zero-order valence-corrected chi connectivity index (χ0v) is 27.0. The fraction of sp³-hybridized carbons (Fsp3) is 0. The highest BCUT2D eigenvalue weighted by Gasteiger charge is 2.19. The number of fused-ring (bicyclic) bond motifs is 6. The van der Waals surface area contributed by atoms with E-state index in [9.17, 15) is 0 Å². The Hall–Kier alpha value is -6.78. The maximum atomic E-state index is 6.12. The maximum Gasteiger partial charge on any atom is 0.162 e. The molecule has 4 nitrogen and oxygen atoms in total. The summed E-state index contributed by atoms with van der Waals surface area (Å²) in [7, 11) is 0. The summed E-state index contributed by atoms with van der Waals surface area (Å²) in [6.07, 6.45) is 0. The van der Waals surface area contributed by atoms with Crippen molar-refractivity contribution in [2.75, 3.05) is 0 Å². The topological polar surface area (TPSA) is 43.9 Å². The molecule has 50 heavy (non-hydrogen) atoms. The lowest BCUT2D eigenvalue weighted by Gasteiger charge is -2.15. The number of benzene rings is 7. The molecule has 0 spiro atoms. The number of hydrogen-bond donors (Lipinski definition) is 0. The summed E-state index contributed by atoms with van der Waals surface area (Å²) in [6, 6.07) is 61.4. The van der Waals surface area contributed by atoms with E-state index >= 15 is 0 Å². The van der Waals surface area contributed by atoms with Crippen molar-refractivity contribution in [3.05, 3.63) is 176 Å². The van der Waals surface area contributed by atoms with E-state index in [4.69, 9.17) is 14.4 Å². The van der Waals surface area contributed by atoms with E-state index in [1.807, 2.05) is 24.3 Å². The number of nitrogens with zero attached hydrogens (tertiary/aromatic N) is 3. The monoisotopic (exact) mass is 639 g/mol. The number of hydrogen-bond acceptors (Lipinski definition) is 3. The van der Waals surface area contributed by atoms with Gasteiger partial charge in [0.25, 0.3) is 0 Å². The summed E-state index contributed by atoms with van der Waals surface area (Å²) in [5, 5.41) is 4.64. The van der Waals surface area contributed by atoms with Crippen LogP contribution < -0.4 is 0 Å². The highest BCUT2D eigenvalue weighted by molar-refractivity contribution is 6.11. The van der Waals surface area contributed by atoms with Crippen molar-refractivity contribution in [3.63, 3.8) is 0 Å². The first-order valence-corrected chi connectivity index (χ1v) is 16.8. The molecule has 4 heteroatoms. The van der Waals surface area contributed by atoms with E-state index in [0.29, 0.717) is 5.82 Å². The Bertz CT molecular complexity index is 2810. The van der Waals surface area contributed by atoms with Crippen LogP contribution in [0.2, 0.25) is 0 Å². The Morgan fingerprint density at radius 1 is 0.380 bits per heavy atom. The predicted octanol–water partition coefficient (Wildman–Crippen LogP) is 12.1. The lowest BCUT2D eigenvalue weighted by Crippen LogP contribution is -2.01. The SMILES string of the molecule is c1ccc(-c2cc(-c3ccccc3)nc(-c3ccccc3-n3c4ccccc4c4cc(-c5ccc6oc7ccccc7c6c5)ccc43)n2)cc1. The molecule has 0 aliphatic rings. The first kappa shape index (κ1) is 28.3. The lowest BCUT2D eigenvalue weighted by molar-refractivity contribution is 0.669. The van der Waals surface area contributed by atoms with Gasteiger partial charge in [-0.05, 0) is 65.7 Å². The first-order valence-electron chi connectivity index (χ1n) is 16.8. The zero-order chi connectivity index (χ0) is 33.0. The van der Waals surface area contributed by atoms with Gasteiger partial charge in [0.2, 0.25) is 0 Å². The van der Waals surface area contributed by atoms with Crippen molar-refractivity contribution >= 4 is 43.7 Å². The number of para-hydroxylation sites is 3. The molecule has 0 aliphatic heterocycles. The van der Waals surface area contributed by atoms with Crippen LogP contribution in [0.4, 0.5) is 0 Å². The van der Waals surface area contributed by atoms with E-state index < -0.39 is 0 Å². The van der Waals surface area contributed by atoms with Crippen LogP contribution in [-0.4, -0.2) is 14.5 Å². The molecule has 3 heterocycles. The van der Waals surface area contributed by atoms with E-state index in [1.165, 1.54) is 10.8 Å². The van der Waals surface area contributed by atoms with Gasteiger partial charge in [0.1, 0.15) is 11.2 Å². The largest absolute Gasteiger partial charge is 0.456 e. The van der Waals surface area contributed by atoms with Gasteiger partial charge in [-0.15, -0.1) is 0 Å². The van der Waals surface area contributed by atoms with E-state index in [-0.39, 0.29) is 0 Å². The smallest absolute Gasteiger partial charge is 0.162 e. The molecule has 0 unspecified atom stereocenters. The summed E-state index contributed by atoms with van der Waals surface area (Å²) in [6.45, 7) is 0. The normalized spacial score (nSPS) is 11.6. The second-order valence-corrected chi connectivity index (χ2v) is 12.6. The van der Waals surface area contributed by atoms with Gasteiger partial charge < -0.3 is 8.98 Å². The molecule has 0 fully saturated rings. The van der Waals surface area contributed by atoms with Crippen LogP contribution in [0, 0.1) is 0 Å². The van der Waals surface area contributed by atoms with Crippen LogP contribution in [0.3, 0.4) is 0 Å². The molecule has 0 aliphatic carbocycles. The Kier molecular flexibility index (Phi) is 6.46. The van der Waals surface area contributed by atoms with Crippen LogP contribution in [0.5, 0.6) is 0 Å². The van der Waals surface area contributed by atoms with E-state index in [0.717, 1.165) is 77.9 Å². The van der Waals surface area contributed by atoms with E-state index in [1.54, 1.807) is 0 Å².